The quantitative estimate of drug-likeness (QED) is 0.702. The molecule has 0 atom stereocenters. The summed E-state index contributed by atoms with van der Waals surface area (Å²) in [5.41, 5.74) is 1.17. The Balaban J connectivity index is 1.50. The summed E-state index contributed by atoms with van der Waals surface area (Å²) in [4.78, 5) is 30.4. The van der Waals surface area contributed by atoms with E-state index in [0.717, 1.165) is 33.8 Å². The summed E-state index contributed by atoms with van der Waals surface area (Å²) >= 11 is 2.87. The van der Waals surface area contributed by atoms with Crippen LogP contribution in [0.1, 0.15) is 50.1 Å². The Morgan fingerprint density at radius 1 is 1.35 bits per heavy atom. The molecule has 0 radical (unpaired) electrons. The monoisotopic (exact) mass is 389 g/mol. The van der Waals surface area contributed by atoms with Gasteiger partial charge in [-0.2, -0.15) is 5.10 Å². The molecule has 2 amide bonds. The zero-order valence-electron chi connectivity index (χ0n) is 14.5. The molecule has 4 rings (SSSR count). The lowest BCUT2D eigenvalue weighted by Crippen LogP contribution is -2.39. The van der Waals surface area contributed by atoms with Gasteiger partial charge in [0.15, 0.2) is 0 Å². The van der Waals surface area contributed by atoms with Crippen LogP contribution in [0.15, 0.2) is 11.4 Å². The summed E-state index contributed by atoms with van der Waals surface area (Å²) in [6, 6.07) is 2.18. The molecule has 2 N–H and O–H groups in total. The highest BCUT2D eigenvalue weighted by Crippen LogP contribution is 2.29. The van der Waals surface area contributed by atoms with E-state index in [0.29, 0.717) is 23.2 Å². The van der Waals surface area contributed by atoms with Gasteiger partial charge in [-0.1, -0.05) is 0 Å². The molecule has 0 saturated heterocycles. The van der Waals surface area contributed by atoms with Gasteiger partial charge in [0.05, 0.1) is 22.1 Å². The van der Waals surface area contributed by atoms with Crippen molar-refractivity contribution in [3.8, 4) is 0 Å². The van der Waals surface area contributed by atoms with Gasteiger partial charge in [0.2, 0.25) is 0 Å². The Hall–Kier alpha value is -2.26. The van der Waals surface area contributed by atoms with Crippen LogP contribution < -0.4 is 10.6 Å². The van der Waals surface area contributed by atoms with Crippen LogP contribution in [0.2, 0.25) is 0 Å². The number of carbonyl (C=O) groups excluding carboxylic acids is 2. The summed E-state index contributed by atoms with van der Waals surface area (Å²) in [7, 11) is 1.85. The molecular formula is C17H19N5O2S2. The average Bonchev–Trinajstić information content (AvgIpc) is 3.26. The third-order valence-electron chi connectivity index (χ3n) is 4.52. The summed E-state index contributed by atoms with van der Waals surface area (Å²) in [6.07, 6.45) is 3.31. The topological polar surface area (TPSA) is 88.9 Å². The highest BCUT2D eigenvalue weighted by molar-refractivity contribution is 7.20. The smallest absolute Gasteiger partial charge is 0.271 e. The molecule has 9 heteroatoms. The van der Waals surface area contributed by atoms with Gasteiger partial charge in [-0.05, 0) is 32.3 Å². The number of rotatable bonds is 5. The van der Waals surface area contributed by atoms with E-state index in [4.69, 9.17) is 0 Å². The highest BCUT2D eigenvalue weighted by Gasteiger charge is 2.23. The van der Waals surface area contributed by atoms with Crippen LogP contribution >= 0.6 is 22.7 Å². The zero-order valence-corrected chi connectivity index (χ0v) is 16.2. The van der Waals surface area contributed by atoms with Crippen LogP contribution in [0.5, 0.6) is 0 Å². The van der Waals surface area contributed by atoms with Crippen LogP contribution in [0.25, 0.3) is 10.2 Å². The lowest BCUT2D eigenvalue weighted by atomic mass is 9.93. The van der Waals surface area contributed by atoms with Crippen LogP contribution in [-0.4, -0.2) is 32.6 Å². The Kier molecular flexibility index (Phi) is 4.49. The van der Waals surface area contributed by atoms with Crippen molar-refractivity contribution in [1.82, 2.24) is 25.4 Å². The van der Waals surface area contributed by atoms with Crippen LogP contribution in [-0.2, 0) is 13.6 Å². The predicted molar refractivity (Wildman–Crippen MR) is 102 cm³/mol. The molecular weight excluding hydrogens is 370 g/mol. The first-order valence-electron chi connectivity index (χ1n) is 8.48. The molecule has 136 valence electrons. The van der Waals surface area contributed by atoms with Crippen molar-refractivity contribution in [2.45, 2.75) is 38.8 Å². The maximum absolute atomic E-state index is 12.4. The zero-order chi connectivity index (χ0) is 18.3. The minimum absolute atomic E-state index is 0.0242. The molecule has 0 unspecified atom stereocenters. The second-order valence-electron chi connectivity index (χ2n) is 6.44. The minimum Gasteiger partial charge on any atom is -0.349 e. The van der Waals surface area contributed by atoms with E-state index in [1.807, 2.05) is 20.0 Å². The molecule has 1 saturated carbocycles. The molecule has 0 bridgehead atoms. The van der Waals surface area contributed by atoms with Gasteiger partial charge >= 0.3 is 0 Å². The number of aryl methyl sites for hydroxylation is 2. The van der Waals surface area contributed by atoms with E-state index in [1.54, 1.807) is 10.1 Å². The van der Waals surface area contributed by atoms with Crippen molar-refractivity contribution in [3.05, 3.63) is 32.7 Å². The molecule has 3 aromatic heterocycles. The predicted octanol–water partition coefficient (Wildman–Crippen LogP) is 2.61. The first-order valence-corrected chi connectivity index (χ1v) is 10.2. The Morgan fingerprint density at radius 3 is 2.81 bits per heavy atom. The molecule has 0 aromatic carbocycles. The Labute approximate surface area is 158 Å². The summed E-state index contributed by atoms with van der Waals surface area (Å²) in [5, 5.41) is 13.9. The third kappa shape index (κ3) is 3.24. The van der Waals surface area contributed by atoms with E-state index < -0.39 is 0 Å². The second kappa shape index (κ2) is 6.81. The van der Waals surface area contributed by atoms with Crippen LogP contribution in [0, 0.1) is 6.92 Å². The van der Waals surface area contributed by atoms with Crippen LogP contribution in [0.3, 0.4) is 0 Å². The number of carbonyl (C=O) groups is 2. The molecule has 0 aliphatic heterocycles. The van der Waals surface area contributed by atoms with Crippen molar-refractivity contribution >= 4 is 44.7 Å². The van der Waals surface area contributed by atoms with Crippen molar-refractivity contribution < 1.29 is 9.59 Å². The first kappa shape index (κ1) is 17.2. The van der Waals surface area contributed by atoms with E-state index in [-0.39, 0.29) is 11.8 Å². The largest absolute Gasteiger partial charge is 0.349 e. The number of thiazole rings is 1. The van der Waals surface area contributed by atoms with E-state index in [2.05, 4.69) is 20.7 Å². The molecule has 0 spiro atoms. The summed E-state index contributed by atoms with van der Waals surface area (Å²) < 4.78 is 1.76. The van der Waals surface area contributed by atoms with Gasteiger partial charge in [-0.25, -0.2) is 4.98 Å². The SMILES string of the molecule is Cc1nc(C(=O)NCc2nn(C)c3sc(C(=O)NC4CCC4)cc23)cs1. The minimum atomic E-state index is -0.216. The van der Waals surface area contributed by atoms with E-state index >= 15 is 0 Å². The first-order chi connectivity index (χ1) is 12.5. The highest BCUT2D eigenvalue weighted by atomic mass is 32.1. The lowest BCUT2D eigenvalue weighted by Gasteiger charge is -2.25. The maximum Gasteiger partial charge on any atom is 0.271 e. The van der Waals surface area contributed by atoms with Gasteiger partial charge in [0.1, 0.15) is 10.5 Å². The average molecular weight is 390 g/mol. The molecule has 1 aliphatic carbocycles. The molecule has 1 aliphatic rings. The number of nitrogens with zero attached hydrogens (tertiary/aromatic N) is 3. The number of thiophene rings is 1. The van der Waals surface area contributed by atoms with Crippen LogP contribution in [0.4, 0.5) is 0 Å². The Bertz CT molecular complexity index is 983. The fraction of sp³-hybridized carbons (Fsp3) is 0.412. The summed E-state index contributed by atoms with van der Waals surface area (Å²) in [5.74, 6) is -0.241. The number of aromatic nitrogens is 3. The molecule has 26 heavy (non-hydrogen) atoms. The standard InChI is InChI=1S/C17H19N5O2S2/c1-9-19-13(8-25-9)15(23)18-7-12-11-6-14(26-17(11)22(2)21-12)16(24)20-10-4-3-5-10/h6,8,10H,3-5,7H2,1-2H3,(H,18,23)(H,20,24). The number of hydrogen-bond acceptors (Lipinski definition) is 6. The fourth-order valence-corrected chi connectivity index (χ4v) is 4.47. The van der Waals surface area contributed by atoms with Crippen molar-refractivity contribution in [1.29, 1.82) is 0 Å². The molecule has 1 fully saturated rings. The maximum atomic E-state index is 12.4. The van der Waals surface area contributed by atoms with E-state index in [9.17, 15) is 9.59 Å². The summed E-state index contributed by atoms with van der Waals surface area (Å²) in [6.45, 7) is 2.17. The second-order valence-corrected chi connectivity index (χ2v) is 8.53. The van der Waals surface area contributed by atoms with Crippen molar-refractivity contribution in [2.24, 2.45) is 7.05 Å². The lowest BCUT2D eigenvalue weighted by molar-refractivity contribution is 0.0918. The van der Waals surface area contributed by atoms with Crippen molar-refractivity contribution in [2.75, 3.05) is 0 Å². The van der Waals surface area contributed by atoms with Gasteiger partial charge in [-0.3, -0.25) is 14.3 Å². The van der Waals surface area contributed by atoms with Gasteiger partial charge < -0.3 is 10.6 Å². The van der Waals surface area contributed by atoms with Crippen molar-refractivity contribution in [3.63, 3.8) is 0 Å². The van der Waals surface area contributed by atoms with E-state index in [1.165, 1.54) is 29.1 Å². The Morgan fingerprint density at radius 2 is 2.15 bits per heavy atom. The van der Waals surface area contributed by atoms with Gasteiger partial charge in [0, 0.05) is 23.9 Å². The number of amides is 2. The number of fused-ring (bicyclic) bond motifs is 1. The molecule has 3 aromatic rings. The third-order valence-corrected chi connectivity index (χ3v) is 6.49. The van der Waals surface area contributed by atoms with Gasteiger partial charge in [0.25, 0.3) is 11.8 Å². The number of hydrogen-bond donors (Lipinski definition) is 2. The number of nitrogens with one attached hydrogen (secondary N) is 2. The molecule has 7 nitrogen and oxygen atoms in total. The normalized spacial score (nSPS) is 14.4. The van der Waals surface area contributed by atoms with Gasteiger partial charge in [-0.15, -0.1) is 22.7 Å². The molecule has 3 heterocycles. The fourth-order valence-electron chi connectivity index (χ4n) is 2.88.